The van der Waals surface area contributed by atoms with Crippen molar-refractivity contribution in [2.24, 2.45) is 0 Å². The lowest BCUT2D eigenvalue weighted by molar-refractivity contribution is -0.151. The van der Waals surface area contributed by atoms with Crippen molar-refractivity contribution < 1.29 is 24.5 Å². The van der Waals surface area contributed by atoms with E-state index in [2.05, 4.69) is 50.4 Å². The number of carbonyl (C=O) groups excluding carboxylic acids is 2. The highest BCUT2D eigenvalue weighted by molar-refractivity contribution is 5.77. The number of carbonyl (C=O) groups is 2. The van der Waals surface area contributed by atoms with Gasteiger partial charge < -0.3 is 20.3 Å². The summed E-state index contributed by atoms with van der Waals surface area (Å²) in [6, 6.07) is -0.702. The molecule has 3 unspecified atom stereocenters. The summed E-state index contributed by atoms with van der Waals surface area (Å²) in [4.78, 5) is 26.3. The number of hydrogen-bond acceptors (Lipinski definition) is 5. The maximum absolute atomic E-state index is 13.3. The van der Waals surface area contributed by atoms with Crippen molar-refractivity contribution in [3.05, 3.63) is 24.3 Å². The minimum absolute atomic E-state index is 0.0748. The fraction of sp³-hybridized carbons (Fsp3) is 0.900. The standard InChI is InChI=1S/C60H115NO5/c1-4-7-10-13-16-19-22-25-27-29-31-34-37-40-43-46-49-52-58(63)57(55-62)61-59(64)54-56(51-48-45-42-39-36-33-24-21-18-15-12-9-6-3)66-60(65)53-50-47-44-41-38-35-32-30-28-26-23-20-17-14-11-8-5-2/h21,24,26,28,56-58,62-63H,4-20,22-23,25,27,29-55H2,1-3H3,(H,61,64)/b24-21-,28-26+. The fourth-order valence-corrected chi connectivity index (χ4v) is 9.25. The minimum atomic E-state index is -0.788. The molecule has 0 bridgehead atoms. The summed E-state index contributed by atoms with van der Waals surface area (Å²) in [5.74, 6) is -0.470. The lowest BCUT2D eigenvalue weighted by Gasteiger charge is -2.24. The molecule has 0 spiro atoms. The van der Waals surface area contributed by atoms with Crippen molar-refractivity contribution in [3.63, 3.8) is 0 Å². The van der Waals surface area contributed by atoms with Gasteiger partial charge >= 0.3 is 5.97 Å². The lowest BCUT2D eigenvalue weighted by Crippen LogP contribution is -2.46. The average molecular weight is 931 g/mol. The highest BCUT2D eigenvalue weighted by atomic mass is 16.5. The molecule has 6 nitrogen and oxygen atoms in total. The van der Waals surface area contributed by atoms with Crippen LogP contribution in [0.25, 0.3) is 0 Å². The summed E-state index contributed by atoms with van der Waals surface area (Å²) in [6.07, 6.45) is 63.9. The molecule has 0 aliphatic rings. The van der Waals surface area contributed by atoms with E-state index in [1.165, 1.54) is 218 Å². The lowest BCUT2D eigenvalue weighted by atomic mass is 10.0. The van der Waals surface area contributed by atoms with Gasteiger partial charge in [-0.25, -0.2) is 0 Å². The third kappa shape index (κ3) is 48.8. The molecule has 0 saturated heterocycles. The molecule has 0 aliphatic carbocycles. The van der Waals surface area contributed by atoms with Crippen LogP contribution in [-0.4, -0.2) is 46.9 Å². The van der Waals surface area contributed by atoms with E-state index in [4.69, 9.17) is 4.74 Å². The molecular weight excluding hydrogens is 815 g/mol. The molecule has 390 valence electrons. The number of nitrogens with one attached hydrogen (secondary N) is 1. The first kappa shape index (κ1) is 64.3. The Hall–Kier alpha value is -1.66. The first-order chi connectivity index (χ1) is 32.5. The number of aliphatic hydroxyl groups is 2. The Morgan fingerprint density at radius 3 is 1.09 bits per heavy atom. The summed E-state index contributed by atoms with van der Waals surface area (Å²) in [7, 11) is 0. The molecule has 0 fully saturated rings. The van der Waals surface area contributed by atoms with Gasteiger partial charge in [0.15, 0.2) is 0 Å². The second kappa shape index (κ2) is 54.3. The number of rotatable bonds is 54. The first-order valence-corrected chi connectivity index (χ1v) is 29.6. The van der Waals surface area contributed by atoms with Crippen molar-refractivity contribution >= 4 is 11.9 Å². The van der Waals surface area contributed by atoms with Gasteiger partial charge in [0.05, 0.1) is 25.2 Å². The van der Waals surface area contributed by atoms with Crippen LogP contribution in [0.15, 0.2) is 24.3 Å². The highest BCUT2D eigenvalue weighted by Crippen LogP contribution is 2.19. The number of ether oxygens (including phenoxy) is 1. The maximum Gasteiger partial charge on any atom is 0.306 e. The van der Waals surface area contributed by atoms with Crippen molar-refractivity contribution in [2.75, 3.05) is 6.61 Å². The molecule has 0 rings (SSSR count). The summed E-state index contributed by atoms with van der Waals surface area (Å²) >= 11 is 0. The van der Waals surface area contributed by atoms with Crippen LogP contribution in [0, 0.1) is 0 Å². The Bertz CT molecular complexity index is 1040. The molecule has 0 radical (unpaired) electrons. The minimum Gasteiger partial charge on any atom is -0.462 e. The molecule has 0 aromatic rings. The Morgan fingerprint density at radius 2 is 0.727 bits per heavy atom. The fourth-order valence-electron chi connectivity index (χ4n) is 9.25. The van der Waals surface area contributed by atoms with E-state index in [1.807, 2.05) is 0 Å². The SMILES string of the molecule is CCCCCC/C=C\CCCCCCCC(CC(=O)NC(CO)C(O)CCCCCCCCCCCCCCCCCCC)OC(=O)CCCCCCCCC/C=C/CCCCCCCC. The van der Waals surface area contributed by atoms with E-state index in [9.17, 15) is 19.8 Å². The van der Waals surface area contributed by atoms with E-state index in [-0.39, 0.29) is 24.9 Å². The van der Waals surface area contributed by atoms with Gasteiger partial charge in [0.2, 0.25) is 5.91 Å². The van der Waals surface area contributed by atoms with Gasteiger partial charge in [-0.1, -0.05) is 257 Å². The van der Waals surface area contributed by atoms with Crippen molar-refractivity contribution in [1.29, 1.82) is 0 Å². The Kier molecular flexibility index (Phi) is 52.9. The number of allylic oxidation sites excluding steroid dienone is 4. The van der Waals surface area contributed by atoms with Crippen molar-refractivity contribution in [3.8, 4) is 0 Å². The van der Waals surface area contributed by atoms with Crippen molar-refractivity contribution in [2.45, 2.75) is 341 Å². The molecule has 1 amide bonds. The van der Waals surface area contributed by atoms with Gasteiger partial charge in [0, 0.05) is 6.42 Å². The molecule has 66 heavy (non-hydrogen) atoms. The van der Waals surface area contributed by atoms with Gasteiger partial charge in [0.1, 0.15) is 6.10 Å². The molecule has 3 N–H and O–H groups in total. The third-order valence-electron chi connectivity index (χ3n) is 13.8. The number of hydrogen-bond donors (Lipinski definition) is 3. The third-order valence-corrected chi connectivity index (χ3v) is 13.8. The van der Waals surface area contributed by atoms with E-state index >= 15 is 0 Å². The van der Waals surface area contributed by atoms with Crippen LogP contribution >= 0.6 is 0 Å². The number of amides is 1. The molecule has 0 aromatic heterocycles. The average Bonchev–Trinajstić information content (AvgIpc) is 3.31. The molecule has 0 aromatic carbocycles. The van der Waals surface area contributed by atoms with E-state index < -0.39 is 18.2 Å². The molecular formula is C60H115NO5. The largest absolute Gasteiger partial charge is 0.462 e. The van der Waals surface area contributed by atoms with Crippen molar-refractivity contribution in [1.82, 2.24) is 5.32 Å². The smallest absolute Gasteiger partial charge is 0.306 e. The molecule has 0 aliphatic heterocycles. The van der Waals surface area contributed by atoms with Crippen LogP contribution in [-0.2, 0) is 14.3 Å². The van der Waals surface area contributed by atoms with Gasteiger partial charge in [-0.05, 0) is 77.0 Å². The first-order valence-electron chi connectivity index (χ1n) is 29.6. The molecule has 0 saturated carbocycles. The summed E-state index contributed by atoms with van der Waals surface area (Å²) in [5, 5.41) is 23.9. The van der Waals surface area contributed by atoms with Crippen LogP contribution in [0.2, 0.25) is 0 Å². The Balaban J connectivity index is 4.48. The van der Waals surface area contributed by atoms with Crippen LogP contribution in [0.4, 0.5) is 0 Å². The van der Waals surface area contributed by atoms with E-state index in [0.29, 0.717) is 19.3 Å². The zero-order chi connectivity index (χ0) is 48.1. The maximum atomic E-state index is 13.3. The highest BCUT2D eigenvalue weighted by Gasteiger charge is 2.24. The second-order valence-corrected chi connectivity index (χ2v) is 20.4. The Morgan fingerprint density at radius 1 is 0.424 bits per heavy atom. The number of aliphatic hydroxyl groups excluding tert-OH is 2. The second-order valence-electron chi connectivity index (χ2n) is 20.4. The van der Waals surface area contributed by atoms with Crippen LogP contribution in [0.5, 0.6) is 0 Å². The van der Waals surface area contributed by atoms with E-state index in [1.54, 1.807) is 0 Å². The quantitative estimate of drug-likeness (QED) is 0.0321. The molecule has 3 atom stereocenters. The normalized spacial score (nSPS) is 13.2. The van der Waals surface area contributed by atoms with E-state index in [0.717, 1.165) is 57.8 Å². The zero-order valence-electron chi connectivity index (χ0n) is 44.6. The van der Waals surface area contributed by atoms with Gasteiger partial charge in [-0.15, -0.1) is 0 Å². The predicted molar refractivity (Wildman–Crippen MR) is 287 cm³/mol. The monoisotopic (exact) mass is 930 g/mol. The zero-order valence-corrected chi connectivity index (χ0v) is 44.6. The predicted octanol–water partition coefficient (Wildman–Crippen LogP) is 18.2. The summed E-state index contributed by atoms with van der Waals surface area (Å²) in [6.45, 7) is 6.50. The summed E-state index contributed by atoms with van der Waals surface area (Å²) in [5.41, 5.74) is 0. The van der Waals surface area contributed by atoms with Gasteiger partial charge in [-0.2, -0.15) is 0 Å². The van der Waals surface area contributed by atoms with Crippen LogP contribution in [0.1, 0.15) is 323 Å². The molecule has 6 heteroatoms. The Labute approximate surface area is 411 Å². The topological polar surface area (TPSA) is 95.9 Å². The van der Waals surface area contributed by atoms with Gasteiger partial charge in [0.25, 0.3) is 0 Å². The van der Waals surface area contributed by atoms with Crippen LogP contribution in [0.3, 0.4) is 0 Å². The van der Waals surface area contributed by atoms with Crippen LogP contribution < -0.4 is 5.32 Å². The van der Waals surface area contributed by atoms with Gasteiger partial charge in [-0.3, -0.25) is 9.59 Å². The summed E-state index contributed by atoms with van der Waals surface area (Å²) < 4.78 is 5.96. The number of unbranched alkanes of at least 4 members (excludes halogenated alkanes) is 38. The molecule has 0 heterocycles. The number of esters is 1.